The fourth-order valence-electron chi connectivity index (χ4n) is 2.56. The molecule has 4 atom stereocenters. The normalized spacial score (nSPS) is 25.1. The van der Waals surface area contributed by atoms with Crippen LogP contribution in [0.3, 0.4) is 0 Å². The Hall–Kier alpha value is -2.61. The van der Waals surface area contributed by atoms with Crippen LogP contribution in [0.25, 0.3) is 0 Å². The van der Waals surface area contributed by atoms with Gasteiger partial charge in [0, 0.05) is 20.8 Å². The molecule has 1 aromatic carbocycles. The van der Waals surface area contributed by atoms with Crippen LogP contribution in [-0.4, -0.2) is 49.1 Å². The molecule has 0 saturated carbocycles. The molecule has 0 unspecified atom stereocenters. The van der Waals surface area contributed by atoms with E-state index in [0.717, 1.165) is 5.56 Å². The van der Waals surface area contributed by atoms with E-state index in [9.17, 15) is 14.4 Å². The molecule has 0 aromatic heterocycles. The highest BCUT2D eigenvalue weighted by Crippen LogP contribution is 2.27. The van der Waals surface area contributed by atoms with Gasteiger partial charge in [-0.15, -0.1) is 0 Å². The largest absolute Gasteiger partial charge is 0.461 e. The van der Waals surface area contributed by atoms with E-state index in [0.29, 0.717) is 5.75 Å². The molecule has 1 fully saturated rings. The van der Waals surface area contributed by atoms with Gasteiger partial charge in [-0.3, -0.25) is 14.4 Å². The molecule has 1 aliphatic rings. The van der Waals surface area contributed by atoms with Gasteiger partial charge in [-0.25, -0.2) is 0 Å². The molecular weight excluding hydrogens is 344 g/mol. The van der Waals surface area contributed by atoms with E-state index in [1.54, 1.807) is 12.1 Å². The van der Waals surface area contributed by atoms with E-state index in [1.165, 1.54) is 20.8 Å². The number of carbonyl (C=O) groups is 3. The first-order valence-electron chi connectivity index (χ1n) is 8.13. The summed E-state index contributed by atoms with van der Waals surface area (Å²) in [5.74, 6) is -1.31. The molecular formula is C18H22O8. The summed E-state index contributed by atoms with van der Waals surface area (Å²) in [7, 11) is 0. The lowest BCUT2D eigenvalue weighted by Crippen LogP contribution is -2.59. The van der Waals surface area contributed by atoms with Crippen LogP contribution in [0.4, 0.5) is 0 Å². The Balaban J connectivity index is 2.25. The van der Waals surface area contributed by atoms with Crippen LogP contribution in [0.2, 0.25) is 0 Å². The minimum Gasteiger partial charge on any atom is -0.461 e. The Morgan fingerprint density at radius 3 is 1.96 bits per heavy atom. The minimum absolute atomic E-state index is 0.0776. The molecule has 8 heteroatoms. The number of aryl methyl sites for hydroxylation is 1. The average molecular weight is 366 g/mol. The maximum atomic E-state index is 11.5. The van der Waals surface area contributed by atoms with Gasteiger partial charge in [0.15, 0.2) is 12.2 Å². The van der Waals surface area contributed by atoms with E-state index in [-0.39, 0.29) is 6.61 Å². The number of rotatable bonds is 5. The summed E-state index contributed by atoms with van der Waals surface area (Å²) in [6, 6.07) is 7.18. The molecule has 0 amide bonds. The van der Waals surface area contributed by atoms with Crippen molar-refractivity contribution in [2.45, 2.75) is 52.3 Å². The summed E-state index contributed by atoms with van der Waals surface area (Å²) in [4.78, 5) is 34.3. The SMILES string of the molecule is CC(=O)O[C@H]1[C@@H](Oc2ccc(C)cc2)OC[C@@H](OC(C)=O)[C@H]1OC(C)=O. The summed E-state index contributed by atoms with van der Waals surface area (Å²) in [6.45, 7) is 5.50. The van der Waals surface area contributed by atoms with E-state index in [4.69, 9.17) is 23.7 Å². The monoisotopic (exact) mass is 366 g/mol. The van der Waals surface area contributed by atoms with Crippen LogP contribution >= 0.6 is 0 Å². The van der Waals surface area contributed by atoms with E-state index >= 15 is 0 Å². The van der Waals surface area contributed by atoms with Gasteiger partial charge >= 0.3 is 17.9 Å². The first kappa shape index (κ1) is 19.7. The van der Waals surface area contributed by atoms with Crippen molar-refractivity contribution >= 4 is 17.9 Å². The Kier molecular flexibility index (Phi) is 6.57. The molecule has 0 bridgehead atoms. The predicted octanol–water partition coefficient (Wildman–Crippen LogP) is 1.53. The molecule has 1 aromatic rings. The predicted molar refractivity (Wildman–Crippen MR) is 88.2 cm³/mol. The number of esters is 3. The Morgan fingerprint density at radius 1 is 0.885 bits per heavy atom. The lowest BCUT2D eigenvalue weighted by molar-refractivity contribution is -0.259. The molecule has 0 spiro atoms. The van der Waals surface area contributed by atoms with Gasteiger partial charge in [0.05, 0.1) is 6.61 Å². The molecule has 142 valence electrons. The fraction of sp³-hybridized carbons (Fsp3) is 0.500. The van der Waals surface area contributed by atoms with Crippen molar-refractivity contribution < 1.29 is 38.1 Å². The van der Waals surface area contributed by atoms with Crippen molar-refractivity contribution in [2.75, 3.05) is 6.61 Å². The quantitative estimate of drug-likeness (QED) is 0.572. The third-order valence-corrected chi connectivity index (χ3v) is 3.58. The van der Waals surface area contributed by atoms with E-state index < -0.39 is 42.5 Å². The maximum Gasteiger partial charge on any atom is 0.303 e. The zero-order valence-electron chi connectivity index (χ0n) is 15.1. The summed E-state index contributed by atoms with van der Waals surface area (Å²) >= 11 is 0. The van der Waals surface area contributed by atoms with Crippen LogP contribution in [0.1, 0.15) is 26.3 Å². The van der Waals surface area contributed by atoms with E-state index in [2.05, 4.69) is 0 Å². The first-order chi connectivity index (χ1) is 12.3. The molecule has 26 heavy (non-hydrogen) atoms. The Labute approximate surface area is 151 Å². The Bertz CT molecular complexity index is 654. The van der Waals surface area contributed by atoms with Gasteiger partial charge in [-0.05, 0) is 19.1 Å². The van der Waals surface area contributed by atoms with E-state index in [1.807, 2.05) is 19.1 Å². The molecule has 1 heterocycles. The molecule has 0 aliphatic carbocycles. The number of carbonyl (C=O) groups excluding carboxylic acids is 3. The fourth-order valence-corrected chi connectivity index (χ4v) is 2.56. The van der Waals surface area contributed by atoms with Crippen LogP contribution < -0.4 is 4.74 Å². The van der Waals surface area contributed by atoms with Gasteiger partial charge in [-0.1, -0.05) is 17.7 Å². The second-order valence-electron chi connectivity index (χ2n) is 5.93. The Morgan fingerprint density at radius 2 is 1.42 bits per heavy atom. The smallest absolute Gasteiger partial charge is 0.303 e. The first-order valence-corrected chi connectivity index (χ1v) is 8.13. The maximum absolute atomic E-state index is 11.5. The van der Waals surface area contributed by atoms with Gasteiger partial charge in [0.2, 0.25) is 12.4 Å². The summed E-state index contributed by atoms with van der Waals surface area (Å²) < 4.78 is 27.0. The van der Waals surface area contributed by atoms with Gasteiger partial charge in [-0.2, -0.15) is 0 Å². The highest BCUT2D eigenvalue weighted by Gasteiger charge is 2.48. The zero-order chi connectivity index (χ0) is 19.3. The topological polar surface area (TPSA) is 97.4 Å². The minimum atomic E-state index is -1.10. The summed E-state index contributed by atoms with van der Waals surface area (Å²) in [5.41, 5.74) is 1.05. The summed E-state index contributed by atoms with van der Waals surface area (Å²) in [6.07, 6.45) is -4.10. The van der Waals surface area contributed by atoms with Crippen molar-refractivity contribution in [1.82, 2.24) is 0 Å². The molecule has 2 rings (SSSR count). The van der Waals surface area contributed by atoms with Gasteiger partial charge in [0.25, 0.3) is 0 Å². The molecule has 0 N–H and O–H groups in total. The van der Waals surface area contributed by atoms with Crippen LogP contribution in [0.15, 0.2) is 24.3 Å². The zero-order valence-corrected chi connectivity index (χ0v) is 15.1. The third kappa shape index (κ3) is 5.45. The van der Waals surface area contributed by atoms with Crippen molar-refractivity contribution in [3.05, 3.63) is 29.8 Å². The number of hydrogen-bond donors (Lipinski definition) is 0. The molecule has 8 nitrogen and oxygen atoms in total. The number of ether oxygens (including phenoxy) is 5. The highest BCUT2D eigenvalue weighted by molar-refractivity contribution is 5.68. The third-order valence-electron chi connectivity index (χ3n) is 3.58. The van der Waals surface area contributed by atoms with Crippen molar-refractivity contribution in [1.29, 1.82) is 0 Å². The lowest BCUT2D eigenvalue weighted by Gasteiger charge is -2.40. The average Bonchev–Trinajstić information content (AvgIpc) is 2.53. The lowest BCUT2D eigenvalue weighted by atomic mass is 10.0. The molecule has 1 saturated heterocycles. The molecule has 1 aliphatic heterocycles. The second kappa shape index (κ2) is 8.66. The van der Waals surface area contributed by atoms with Crippen molar-refractivity contribution in [3.63, 3.8) is 0 Å². The van der Waals surface area contributed by atoms with Crippen LogP contribution in [-0.2, 0) is 33.3 Å². The standard InChI is InChI=1S/C18H22O8/c1-10-5-7-14(8-6-10)26-18-17(25-13(4)21)16(24-12(3)20)15(9-22-18)23-11(2)19/h5-8,15-18H,9H2,1-4H3/t15-,16-,17-,18-/m1/s1. The summed E-state index contributed by atoms with van der Waals surface area (Å²) in [5, 5.41) is 0. The van der Waals surface area contributed by atoms with Crippen LogP contribution in [0, 0.1) is 6.92 Å². The van der Waals surface area contributed by atoms with Crippen molar-refractivity contribution in [3.8, 4) is 5.75 Å². The highest BCUT2D eigenvalue weighted by atomic mass is 16.7. The van der Waals surface area contributed by atoms with Crippen LogP contribution in [0.5, 0.6) is 5.75 Å². The van der Waals surface area contributed by atoms with Gasteiger partial charge in [0.1, 0.15) is 5.75 Å². The number of benzene rings is 1. The second-order valence-corrected chi connectivity index (χ2v) is 5.93. The van der Waals surface area contributed by atoms with Crippen molar-refractivity contribution in [2.24, 2.45) is 0 Å². The number of hydrogen-bond acceptors (Lipinski definition) is 8. The molecule has 0 radical (unpaired) electrons. The van der Waals surface area contributed by atoms with Gasteiger partial charge < -0.3 is 23.7 Å².